The molecular weight excluding hydrogens is 372 g/mol. The smallest absolute Gasteiger partial charge is 0.178 e. The normalized spacial score (nSPS) is 27.1. The average molecular weight is 423 g/mol. The van der Waals surface area contributed by atoms with Crippen LogP contribution in [0.2, 0.25) is 0 Å². The summed E-state index contributed by atoms with van der Waals surface area (Å²) in [6, 6.07) is 0. The van der Waals surface area contributed by atoms with Gasteiger partial charge in [-0.3, -0.25) is 0 Å². The molecule has 4 unspecified atom stereocenters. The fourth-order valence-electron chi connectivity index (χ4n) is 5.41. The first kappa shape index (κ1) is 25.9. The minimum Gasteiger partial charge on any atom is -0.369 e. The van der Waals surface area contributed by atoms with Crippen LogP contribution in [0, 0.1) is 22.7 Å². The van der Waals surface area contributed by atoms with Crippen molar-refractivity contribution in [1.29, 1.82) is 0 Å². The second kappa shape index (κ2) is 11.0. The Morgan fingerprint density at radius 3 is 2.17 bits per heavy atom. The Morgan fingerprint density at radius 1 is 1.00 bits per heavy atom. The maximum absolute atomic E-state index is 10.5. The average Bonchev–Trinajstić information content (AvgIpc) is 2.71. The summed E-state index contributed by atoms with van der Waals surface area (Å²) in [7, 11) is 0. The SMILES string of the molecule is CCC(C)(C)CC(C1C=CC(OCC(O)OC2(CC)CCCCC2)CC1)C(C)(C)C. The molecule has 0 aromatic carbocycles. The zero-order valence-corrected chi connectivity index (χ0v) is 21.0. The first-order chi connectivity index (χ1) is 14.0. The van der Waals surface area contributed by atoms with Gasteiger partial charge in [0.1, 0.15) is 0 Å². The summed E-state index contributed by atoms with van der Waals surface area (Å²) in [5.74, 6) is 1.29. The van der Waals surface area contributed by atoms with Crippen molar-refractivity contribution in [2.24, 2.45) is 22.7 Å². The molecule has 2 aliphatic rings. The van der Waals surface area contributed by atoms with Crippen molar-refractivity contribution < 1.29 is 14.6 Å². The van der Waals surface area contributed by atoms with E-state index in [9.17, 15) is 5.11 Å². The van der Waals surface area contributed by atoms with Crippen LogP contribution in [-0.4, -0.2) is 29.7 Å². The van der Waals surface area contributed by atoms with Crippen LogP contribution in [0.5, 0.6) is 0 Å². The third-order valence-electron chi connectivity index (χ3n) is 7.96. The number of hydrogen-bond acceptors (Lipinski definition) is 3. The maximum atomic E-state index is 10.5. The van der Waals surface area contributed by atoms with E-state index in [1.165, 1.54) is 38.5 Å². The largest absolute Gasteiger partial charge is 0.369 e. The van der Waals surface area contributed by atoms with Gasteiger partial charge in [0.25, 0.3) is 0 Å². The van der Waals surface area contributed by atoms with Crippen LogP contribution in [0.4, 0.5) is 0 Å². The van der Waals surface area contributed by atoms with Gasteiger partial charge in [0.05, 0.1) is 18.3 Å². The molecule has 0 aromatic rings. The van der Waals surface area contributed by atoms with Gasteiger partial charge in [-0.05, 0) is 61.2 Å². The topological polar surface area (TPSA) is 38.7 Å². The highest BCUT2D eigenvalue weighted by atomic mass is 16.6. The molecule has 1 N–H and O–H groups in total. The third-order valence-corrected chi connectivity index (χ3v) is 7.96. The minimum absolute atomic E-state index is 0.100. The zero-order valence-electron chi connectivity index (χ0n) is 21.0. The summed E-state index contributed by atoms with van der Waals surface area (Å²) >= 11 is 0. The lowest BCUT2D eigenvalue weighted by Crippen LogP contribution is -2.40. The van der Waals surface area contributed by atoms with E-state index in [0.29, 0.717) is 22.7 Å². The van der Waals surface area contributed by atoms with Crippen LogP contribution >= 0.6 is 0 Å². The molecule has 3 heteroatoms. The van der Waals surface area contributed by atoms with Crippen LogP contribution in [0.1, 0.15) is 113 Å². The van der Waals surface area contributed by atoms with E-state index in [2.05, 4.69) is 60.6 Å². The van der Waals surface area contributed by atoms with Crippen molar-refractivity contribution in [3.63, 3.8) is 0 Å². The highest BCUT2D eigenvalue weighted by molar-refractivity contribution is 5.03. The van der Waals surface area contributed by atoms with Crippen LogP contribution in [-0.2, 0) is 9.47 Å². The van der Waals surface area contributed by atoms with E-state index in [1.54, 1.807) is 0 Å². The van der Waals surface area contributed by atoms with Gasteiger partial charge in [-0.15, -0.1) is 0 Å². The molecular formula is C27H50O3. The number of hydrogen-bond donors (Lipinski definition) is 1. The summed E-state index contributed by atoms with van der Waals surface area (Å²) in [6.45, 7) is 16.7. The Bertz CT molecular complexity index is 525. The molecule has 0 saturated heterocycles. The monoisotopic (exact) mass is 422 g/mol. The fourth-order valence-corrected chi connectivity index (χ4v) is 5.41. The molecule has 0 bridgehead atoms. The lowest BCUT2D eigenvalue weighted by atomic mass is 9.64. The summed E-state index contributed by atoms with van der Waals surface area (Å²) in [4.78, 5) is 0. The van der Waals surface area contributed by atoms with Gasteiger partial charge in [0, 0.05) is 0 Å². The number of aliphatic hydroxyl groups is 1. The van der Waals surface area contributed by atoms with Gasteiger partial charge >= 0.3 is 0 Å². The molecule has 0 heterocycles. The van der Waals surface area contributed by atoms with E-state index < -0.39 is 6.29 Å². The molecule has 176 valence electrons. The molecule has 2 aliphatic carbocycles. The van der Waals surface area contributed by atoms with Crippen molar-refractivity contribution in [1.82, 2.24) is 0 Å². The van der Waals surface area contributed by atoms with Crippen LogP contribution in [0.25, 0.3) is 0 Å². The summed E-state index contributed by atoms with van der Waals surface area (Å²) < 4.78 is 12.1. The number of allylic oxidation sites excluding steroid dienone is 1. The Kier molecular flexibility index (Phi) is 9.46. The molecule has 0 aromatic heterocycles. The summed E-state index contributed by atoms with van der Waals surface area (Å²) in [5.41, 5.74) is 0.545. The second-order valence-electron chi connectivity index (χ2n) is 11.9. The van der Waals surface area contributed by atoms with Gasteiger partial charge in [-0.2, -0.15) is 0 Å². The maximum Gasteiger partial charge on any atom is 0.178 e. The molecule has 4 atom stereocenters. The zero-order chi connectivity index (χ0) is 22.4. The van der Waals surface area contributed by atoms with Crippen LogP contribution in [0.3, 0.4) is 0 Å². The summed E-state index contributed by atoms with van der Waals surface area (Å²) in [6.07, 6.45) is 15.4. The molecule has 30 heavy (non-hydrogen) atoms. The lowest BCUT2D eigenvalue weighted by Gasteiger charge is -2.42. The predicted octanol–water partition coefficient (Wildman–Crippen LogP) is 7.27. The Labute approximate surface area is 187 Å². The molecule has 0 amide bonds. The van der Waals surface area contributed by atoms with E-state index in [0.717, 1.165) is 25.7 Å². The molecule has 0 spiro atoms. The number of rotatable bonds is 10. The Hall–Kier alpha value is -0.380. The van der Waals surface area contributed by atoms with E-state index >= 15 is 0 Å². The van der Waals surface area contributed by atoms with E-state index in [1.807, 2.05) is 0 Å². The quantitative estimate of drug-likeness (QED) is 0.297. The van der Waals surface area contributed by atoms with Gasteiger partial charge in [0.2, 0.25) is 0 Å². The first-order valence-corrected chi connectivity index (χ1v) is 12.7. The molecule has 0 radical (unpaired) electrons. The second-order valence-corrected chi connectivity index (χ2v) is 11.9. The Morgan fingerprint density at radius 2 is 1.67 bits per heavy atom. The van der Waals surface area contributed by atoms with Gasteiger partial charge in [-0.25, -0.2) is 0 Å². The minimum atomic E-state index is -0.818. The van der Waals surface area contributed by atoms with Crippen LogP contribution in [0.15, 0.2) is 12.2 Å². The number of ether oxygens (including phenoxy) is 2. The van der Waals surface area contributed by atoms with Crippen LogP contribution < -0.4 is 0 Å². The summed E-state index contributed by atoms with van der Waals surface area (Å²) in [5, 5.41) is 10.5. The van der Waals surface area contributed by atoms with Crippen molar-refractivity contribution in [2.75, 3.05) is 6.61 Å². The van der Waals surface area contributed by atoms with Gasteiger partial charge in [0.15, 0.2) is 6.29 Å². The highest BCUT2D eigenvalue weighted by Crippen LogP contribution is 2.45. The van der Waals surface area contributed by atoms with Crippen molar-refractivity contribution >= 4 is 0 Å². The predicted molar refractivity (Wildman–Crippen MR) is 126 cm³/mol. The standard InChI is InChI=1S/C27H50O3/c1-8-26(6,7)19-23(25(3,4)5)21-13-15-22(16-14-21)29-20-24(28)30-27(9-2)17-11-10-12-18-27/h13,15,21-24,28H,8-12,14,16-20H2,1-7H3. The van der Waals surface area contributed by atoms with Crippen molar-refractivity contribution in [3.05, 3.63) is 12.2 Å². The molecule has 1 saturated carbocycles. The van der Waals surface area contributed by atoms with E-state index in [4.69, 9.17) is 9.47 Å². The van der Waals surface area contributed by atoms with Crippen molar-refractivity contribution in [3.8, 4) is 0 Å². The molecule has 2 rings (SSSR count). The third kappa shape index (κ3) is 7.64. The van der Waals surface area contributed by atoms with E-state index in [-0.39, 0.29) is 18.3 Å². The van der Waals surface area contributed by atoms with Crippen molar-refractivity contribution in [2.45, 2.75) is 131 Å². The molecule has 3 nitrogen and oxygen atoms in total. The lowest BCUT2D eigenvalue weighted by molar-refractivity contribution is -0.221. The fraction of sp³-hybridized carbons (Fsp3) is 0.926. The number of aliphatic hydroxyl groups excluding tert-OH is 1. The highest BCUT2D eigenvalue weighted by Gasteiger charge is 2.37. The van der Waals surface area contributed by atoms with Gasteiger partial charge in [-0.1, -0.05) is 86.3 Å². The molecule has 0 aliphatic heterocycles. The Balaban J connectivity index is 1.87. The molecule has 1 fully saturated rings. The first-order valence-electron chi connectivity index (χ1n) is 12.7. The van der Waals surface area contributed by atoms with Gasteiger partial charge < -0.3 is 14.6 Å².